The van der Waals surface area contributed by atoms with Crippen molar-refractivity contribution in [2.45, 2.75) is 25.4 Å². The molecule has 1 amide bonds. The topological polar surface area (TPSA) is 58.8 Å². The van der Waals surface area contributed by atoms with Gasteiger partial charge < -0.3 is 20.3 Å². The van der Waals surface area contributed by atoms with Gasteiger partial charge in [-0.3, -0.25) is 4.79 Å². The first-order valence-electron chi connectivity index (χ1n) is 7.38. The summed E-state index contributed by atoms with van der Waals surface area (Å²) in [5.74, 6) is -0.0146. The zero-order valence-electron chi connectivity index (χ0n) is 13.1. The van der Waals surface area contributed by atoms with Gasteiger partial charge in [-0.25, -0.2) is 0 Å². The molecule has 1 aliphatic rings. The fourth-order valence-corrected chi connectivity index (χ4v) is 2.51. The lowest BCUT2D eigenvalue weighted by Crippen LogP contribution is -2.55. The average molecular weight is 291 g/mol. The molecule has 1 saturated heterocycles. The van der Waals surface area contributed by atoms with Crippen LogP contribution in [0.15, 0.2) is 24.3 Å². The number of anilines is 1. The van der Waals surface area contributed by atoms with Crippen LogP contribution < -0.4 is 10.6 Å². The number of likely N-dealkylation sites (N-methyl/N-ethyl adjacent to an activating group) is 1. The minimum absolute atomic E-state index is 0.0146. The predicted octanol–water partition coefficient (Wildman–Crippen LogP) is 1.22. The number of hydrogen-bond acceptors (Lipinski definition) is 4. The second kappa shape index (κ2) is 6.45. The number of carbonyl (C=O) groups is 1. The molecule has 1 fully saturated rings. The van der Waals surface area contributed by atoms with Crippen molar-refractivity contribution < 1.29 is 9.53 Å². The molecule has 0 aliphatic carbocycles. The number of rotatable bonds is 5. The third-order valence-electron chi connectivity index (χ3n) is 3.97. The van der Waals surface area contributed by atoms with E-state index in [-0.39, 0.29) is 5.91 Å². The van der Waals surface area contributed by atoms with Crippen molar-refractivity contribution in [3.8, 4) is 0 Å². The maximum Gasteiger partial charge on any atom is 0.245 e. The van der Waals surface area contributed by atoms with E-state index in [1.54, 1.807) is 4.90 Å². The molecule has 0 radical (unpaired) electrons. The first-order chi connectivity index (χ1) is 9.96. The Bertz CT molecular complexity index is 479. The van der Waals surface area contributed by atoms with Gasteiger partial charge >= 0.3 is 0 Å². The van der Waals surface area contributed by atoms with Gasteiger partial charge in [0.05, 0.1) is 6.61 Å². The van der Waals surface area contributed by atoms with Crippen LogP contribution in [0.25, 0.3) is 0 Å². The minimum atomic E-state index is -0.848. The lowest BCUT2D eigenvalue weighted by Gasteiger charge is -2.30. The van der Waals surface area contributed by atoms with Crippen LogP contribution in [-0.2, 0) is 16.1 Å². The zero-order chi connectivity index (χ0) is 15.5. The van der Waals surface area contributed by atoms with Crippen LogP contribution >= 0.6 is 0 Å². The van der Waals surface area contributed by atoms with Crippen molar-refractivity contribution >= 4 is 11.6 Å². The first-order valence-corrected chi connectivity index (χ1v) is 7.38. The zero-order valence-corrected chi connectivity index (χ0v) is 13.1. The summed E-state index contributed by atoms with van der Waals surface area (Å²) in [5, 5.41) is 0. The molecular weight excluding hydrogens is 266 g/mol. The van der Waals surface area contributed by atoms with Crippen molar-refractivity contribution in [2.24, 2.45) is 5.73 Å². The van der Waals surface area contributed by atoms with Gasteiger partial charge in [0.15, 0.2) is 0 Å². The highest BCUT2D eigenvalue weighted by molar-refractivity contribution is 5.86. The monoisotopic (exact) mass is 291 g/mol. The lowest BCUT2D eigenvalue weighted by atomic mass is 9.98. The van der Waals surface area contributed by atoms with Crippen molar-refractivity contribution in [3.63, 3.8) is 0 Å². The fourth-order valence-electron chi connectivity index (χ4n) is 2.51. The molecule has 0 saturated carbocycles. The second-order valence-electron chi connectivity index (χ2n) is 5.84. The van der Waals surface area contributed by atoms with Gasteiger partial charge in [-0.1, -0.05) is 12.1 Å². The van der Waals surface area contributed by atoms with Gasteiger partial charge in [-0.15, -0.1) is 0 Å². The molecule has 21 heavy (non-hydrogen) atoms. The number of nitrogens with two attached hydrogens (primary N) is 1. The van der Waals surface area contributed by atoms with E-state index in [4.69, 9.17) is 10.5 Å². The number of carbonyl (C=O) groups excluding carboxylic acids is 1. The Morgan fingerprint density at radius 3 is 2.48 bits per heavy atom. The number of ether oxygens (including phenoxy) is 1. The molecule has 1 aromatic carbocycles. The Hall–Kier alpha value is -1.59. The third kappa shape index (κ3) is 3.54. The van der Waals surface area contributed by atoms with Crippen LogP contribution in [0.5, 0.6) is 0 Å². The summed E-state index contributed by atoms with van der Waals surface area (Å²) in [4.78, 5) is 16.4. The SMILES string of the molecule is CCN(Cc1ccc(N(C)C)cc1)C(=O)C1(N)CCOC1. The van der Waals surface area contributed by atoms with Gasteiger partial charge in [-0.2, -0.15) is 0 Å². The summed E-state index contributed by atoms with van der Waals surface area (Å²) in [7, 11) is 4.02. The van der Waals surface area contributed by atoms with Gasteiger partial charge in [0.2, 0.25) is 5.91 Å². The molecule has 1 aromatic rings. The molecule has 1 atom stereocenters. The first kappa shape index (κ1) is 15.8. The molecule has 5 heteroatoms. The van der Waals surface area contributed by atoms with Gasteiger partial charge in [0, 0.05) is 39.5 Å². The Morgan fingerprint density at radius 1 is 1.33 bits per heavy atom. The molecule has 0 spiro atoms. The standard InChI is InChI=1S/C16H25N3O2/c1-4-19(15(20)16(17)9-10-21-12-16)11-13-5-7-14(8-6-13)18(2)3/h5-8H,4,9-12,17H2,1-3H3. The normalized spacial score (nSPS) is 21.3. The molecular formula is C16H25N3O2. The molecule has 2 N–H and O–H groups in total. The van der Waals surface area contributed by atoms with E-state index in [2.05, 4.69) is 29.2 Å². The molecule has 0 bridgehead atoms. The molecule has 5 nitrogen and oxygen atoms in total. The lowest BCUT2D eigenvalue weighted by molar-refractivity contribution is -0.137. The van der Waals surface area contributed by atoms with Crippen LogP contribution in [0.2, 0.25) is 0 Å². The number of amides is 1. The Morgan fingerprint density at radius 2 is 2.00 bits per heavy atom. The second-order valence-corrected chi connectivity index (χ2v) is 5.84. The quantitative estimate of drug-likeness (QED) is 0.886. The Kier molecular flexibility index (Phi) is 4.85. The Balaban J connectivity index is 2.06. The molecule has 0 aromatic heterocycles. The molecule has 2 rings (SSSR count). The van der Waals surface area contributed by atoms with Crippen LogP contribution in [0.1, 0.15) is 18.9 Å². The average Bonchev–Trinajstić information content (AvgIpc) is 2.92. The van der Waals surface area contributed by atoms with E-state index < -0.39 is 5.54 Å². The summed E-state index contributed by atoms with van der Waals surface area (Å²) in [6, 6.07) is 8.23. The number of benzene rings is 1. The van der Waals surface area contributed by atoms with Crippen molar-refractivity contribution in [1.82, 2.24) is 4.90 Å². The molecule has 1 heterocycles. The van der Waals surface area contributed by atoms with E-state index in [0.717, 1.165) is 11.3 Å². The van der Waals surface area contributed by atoms with E-state index in [1.165, 1.54) is 0 Å². The summed E-state index contributed by atoms with van der Waals surface area (Å²) < 4.78 is 5.29. The summed E-state index contributed by atoms with van der Waals surface area (Å²) in [6.45, 7) is 4.10. The highest BCUT2D eigenvalue weighted by Crippen LogP contribution is 2.20. The van der Waals surface area contributed by atoms with Crippen LogP contribution in [0.3, 0.4) is 0 Å². The van der Waals surface area contributed by atoms with Crippen molar-refractivity contribution in [2.75, 3.05) is 38.8 Å². The summed E-state index contributed by atoms with van der Waals surface area (Å²) in [5.41, 5.74) is 7.58. The summed E-state index contributed by atoms with van der Waals surface area (Å²) >= 11 is 0. The number of hydrogen-bond donors (Lipinski definition) is 1. The smallest absolute Gasteiger partial charge is 0.245 e. The minimum Gasteiger partial charge on any atom is -0.379 e. The van der Waals surface area contributed by atoms with Crippen molar-refractivity contribution in [3.05, 3.63) is 29.8 Å². The van der Waals surface area contributed by atoms with Gasteiger partial charge in [-0.05, 0) is 31.0 Å². The van der Waals surface area contributed by atoms with Crippen molar-refractivity contribution in [1.29, 1.82) is 0 Å². The van der Waals surface area contributed by atoms with Crippen LogP contribution in [0.4, 0.5) is 5.69 Å². The largest absolute Gasteiger partial charge is 0.379 e. The van der Waals surface area contributed by atoms with E-state index >= 15 is 0 Å². The maximum absolute atomic E-state index is 12.6. The molecule has 1 aliphatic heterocycles. The maximum atomic E-state index is 12.6. The van der Waals surface area contributed by atoms with Gasteiger partial charge in [0.25, 0.3) is 0 Å². The summed E-state index contributed by atoms with van der Waals surface area (Å²) in [6.07, 6.45) is 0.599. The number of nitrogens with zero attached hydrogens (tertiary/aromatic N) is 2. The Labute approximate surface area is 126 Å². The van der Waals surface area contributed by atoms with E-state index in [9.17, 15) is 4.79 Å². The van der Waals surface area contributed by atoms with E-state index in [1.807, 2.05) is 21.0 Å². The predicted molar refractivity (Wildman–Crippen MR) is 84.2 cm³/mol. The highest BCUT2D eigenvalue weighted by Gasteiger charge is 2.40. The third-order valence-corrected chi connectivity index (χ3v) is 3.97. The van der Waals surface area contributed by atoms with Crippen LogP contribution in [0, 0.1) is 0 Å². The van der Waals surface area contributed by atoms with E-state index in [0.29, 0.717) is 32.7 Å². The van der Waals surface area contributed by atoms with Gasteiger partial charge in [0.1, 0.15) is 5.54 Å². The highest BCUT2D eigenvalue weighted by atomic mass is 16.5. The van der Waals surface area contributed by atoms with Crippen LogP contribution in [-0.4, -0.2) is 50.2 Å². The molecule has 116 valence electrons. The molecule has 1 unspecified atom stereocenters. The fraction of sp³-hybridized carbons (Fsp3) is 0.562.